The lowest BCUT2D eigenvalue weighted by Gasteiger charge is -2.16. The van der Waals surface area contributed by atoms with Gasteiger partial charge in [-0.2, -0.15) is 0 Å². The van der Waals surface area contributed by atoms with E-state index in [4.69, 9.17) is 11.6 Å². The van der Waals surface area contributed by atoms with E-state index in [1.54, 1.807) is 0 Å². The predicted molar refractivity (Wildman–Crippen MR) is 96.8 cm³/mol. The number of halogens is 1. The van der Waals surface area contributed by atoms with Crippen molar-refractivity contribution in [3.8, 4) is 0 Å². The molecular formula is C18H31ClOSi. The van der Waals surface area contributed by atoms with Crippen LogP contribution in [0.25, 0.3) is 0 Å². The highest BCUT2D eigenvalue weighted by molar-refractivity contribution is 6.76. The summed E-state index contributed by atoms with van der Waals surface area (Å²) in [7, 11) is -1.07. The largest absolute Gasteiger partial charge is 0.298 e. The van der Waals surface area contributed by atoms with Gasteiger partial charge in [-0.3, -0.25) is 4.79 Å². The molecule has 1 saturated carbocycles. The van der Waals surface area contributed by atoms with E-state index in [2.05, 4.69) is 52.2 Å². The summed E-state index contributed by atoms with van der Waals surface area (Å²) in [6, 6.07) is 1.16. The summed E-state index contributed by atoms with van der Waals surface area (Å²) in [5, 5.41) is -0.252. The maximum absolute atomic E-state index is 12.0. The minimum absolute atomic E-state index is 0.184. The van der Waals surface area contributed by atoms with Crippen molar-refractivity contribution in [2.75, 3.05) is 0 Å². The van der Waals surface area contributed by atoms with Crippen molar-refractivity contribution in [1.29, 1.82) is 0 Å². The molecule has 0 N–H and O–H groups in total. The van der Waals surface area contributed by atoms with E-state index >= 15 is 0 Å². The van der Waals surface area contributed by atoms with Crippen molar-refractivity contribution in [3.05, 3.63) is 24.3 Å². The zero-order chi connectivity index (χ0) is 16.2. The number of rotatable bonds is 7. The zero-order valence-corrected chi connectivity index (χ0v) is 16.0. The Hall–Kier alpha value is -0.343. The number of hydrogen-bond donors (Lipinski definition) is 0. The molecule has 0 amide bonds. The van der Waals surface area contributed by atoms with Crippen LogP contribution in [0.15, 0.2) is 24.3 Å². The lowest BCUT2D eigenvalue weighted by molar-refractivity contribution is -0.120. The molecule has 4 atom stereocenters. The van der Waals surface area contributed by atoms with E-state index in [1.807, 2.05) is 0 Å². The molecule has 0 radical (unpaired) electrons. The Kier molecular flexibility index (Phi) is 6.93. The SMILES string of the molecule is C=C(/C=C/[C@H](C)CCC1C[C@@H](C)C(Cl)C1=O)C[Si](C)(C)C. The van der Waals surface area contributed by atoms with E-state index in [-0.39, 0.29) is 17.1 Å². The average Bonchev–Trinajstić information content (AvgIpc) is 2.59. The fourth-order valence-electron chi connectivity index (χ4n) is 3.05. The number of allylic oxidation sites excluding steroid dienone is 3. The molecule has 120 valence electrons. The Morgan fingerprint density at radius 1 is 1.48 bits per heavy atom. The summed E-state index contributed by atoms with van der Waals surface area (Å²) in [5.41, 5.74) is 1.24. The van der Waals surface area contributed by atoms with E-state index in [0.717, 1.165) is 25.3 Å². The van der Waals surface area contributed by atoms with Crippen LogP contribution in [-0.4, -0.2) is 19.2 Å². The van der Waals surface area contributed by atoms with Gasteiger partial charge in [0.05, 0.1) is 5.38 Å². The van der Waals surface area contributed by atoms with Crippen molar-refractivity contribution in [3.63, 3.8) is 0 Å². The molecule has 0 heterocycles. The van der Waals surface area contributed by atoms with Gasteiger partial charge < -0.3 is 0 Å². The van der Waals surface area contributed by atoms with Crippen molar-refractivity contribution in [2.45, 2.75) is 64.2 Å². The second-order valence-electron chi connectivity index (χ2n) is 8.02. The quantitative estimate of drug-likeness (QED) is 0.334. The first kappa shape index (κ1) is 18.7. The monoisotopic (exact) mass is 326 g/mol. The van der Waals surface area contributed by atoms with Crippen molar-refractivity contribution in [1.82, 2.24) is 0 Å². The van der Waals surface area contributed by atoms with Gasteiger partial charge in [-0.1, -0.05) is 57.8 Å². The molecule has 0 aromatic heterocycles. The summed E-state index contributed by atoms with van der Waals surface area (Å²) in [5.74, 6) is 1.29. The first-order valence-electron chi connectivity index (χ1n) is 8.14. The van der Waals surface area contributed by atoms with Crippen LogP contribution in [0.2, 0.25) is 25.7 Å². The molecule has 1 fully saturated rings. The maximum atomic E-state index is 12.0. The molecule has 21 heavy (non-hydrogen) atoms. The minimum Gasteiger partial charge on any atom is -0.298 e. The molecule has 1 aliphatic carbocycles. The second kappa shape index (κ2) is 7.78. The fourth-order valence-corrected chi connectivity index (χ4v) is 4.81. The number of ketones is 1. The van der Waals surface area contributed by atoms with Crippen molar-refractivity contribution < 1.29 is 4.79 Å². The predicted octanol–water partition coefficient (Wildman–Crippen LogP) is 5.69. The summed E-state index contributed by atoms with van der Waals surface area (Å²) in [6.45, 7) is 15.6. The van der Waals surface area contributed by atoms with E-state index in [0.29, 0.717) is 11.8 Å². The molecule has 0 aliphatic heterocycles. The van der Waals surface area contributed by atoms with E-state index < -0.39 is 8.07 Å². The van der Waals surface area contributed by atoms with Gasteiger partial charge in [-0.15, -0.1) is 11.6 Å². The third-order valence-corrected chi connectivity index (χ3v) is 6.38. The Morgan fingerprint density at radius 2 is 2.10 bits per heavy atom. The number of Topliss-reactive ketones (excluding diaryl/α,β-unsaturated/α-hetero) is 1. The molecule has 1 aliphatic rings. The van der Waals surface area contributed by atoms with E-state index in [9.17, 15) is 4.79 Å². The number of hydrogen-bond acceptors (Lipinski definition) is 1. The molecular weight excluding hydrogens is 296 g/mol. The normalized spacial score (nSPS) is 28.3. The zero-order valence-electron chi connectivity index (χ0n) is 14.3. The maximum Gasteiger partial charge on any atom is 0.154 e. The Morgan fingerprint density at radius 3 is 2.57 bits per heavy atom. The second-order valence-corrected chi connectivity index (χ2v) is 14.0. The topological polar surface area (TPSA) is 17.1 Å². The molecule has 1 rings (SSSR count). The summed E-state index contributed by atoms with van der Waals surface area (Å²) in [4.78, 5) is 12.0. The summed E-state index contributed by atoms with van der Waals surface area (Å²) >= 11 is 6.12. The van der Waals surface area contributed by atoms with Crippen molar-refractivity contribution >= 4 is 25.5 Å². The third-order valence-electron chi connectivity index (χ3n) is 4.22. The van der Waals surface area contributed by atoms with Gasteiger partial charge in [0.25, 0.3) is 0 Å². The molecule has 0 aromatic rings. The van der Waals surface area contributed by atoms with E-state index in [1.165, 1.54) is 5.57 Å². The Labute approximate surface area is 136 Å². The van der Waals surface area contributed by atoms with Gasteiger partial charge in [-0.25, -0.2) is 0 Å². The minimum atomic E-state index is -1.07. The van der Waals surface area contributed by atoms with Crippen LogP contribution in [0.1, 0.15) is 33.1 Å². The highest BCUT2D eigenvalue weighted by Crippen LogP contribution is 2.35. The lowest BCUT2D eigenvalue weighted by Crippen LogP contribution is -2.19. The Bertz CT molecular complexity index is 408. The summed E-state index contributed by atoms with van der Waals surface area (Å²) in [6.07, 6.45) is 7.43. The van der Waals surface area contributed by atoms with Crippen molar-refractivity contribution in [2.24, 2.45) is 17.8 Å². The van der Waals surface area contributed by atoms with Crippen LogP contribution in [-0.2, 0) is 4.79 Å². The van der Waals surface area contributed by atoms with Crippen LogP contribution >= 0.6 is 11.6 Å². The highest BCUT2D eigenvalue weighted by atomic mass is 35.5. The van der Waals surface area contributed by atoms with Crippen LogP contribution in [0.3, 0.4) is 0 Å². The Balaban J connectivity index is 2.36. The first-order valence-corrected chi connectivity index (χ1v) is 12.3. The van der Waals surface area contributed by atoms with Gasteiger partial charge in [0, 0.05) is 14.0 Å². The average molecular weight is 327 g/mol. The standard InChI is InChI=1S/C18H31ClOSi/c1-13(7-8-14(2)12-21(4,5)6)9-10-16-11-15(3)17(19)18(16)20/h7-8,13,15-17H,2,9-12H2,1,3-6H3/b8-7+/t13-,15+,16?,17?/m0/s1. The smallest absolute Gasteiger partial charge is 0.154 e. The molecule has 0 spiro atoms. The van der Waals surface area contributed by atoms with Crippen LogP contribution in [0.5, 0.6) is 0 Å². The number of carbonyl (C=O) groups is 1. The molecule has 0 saturated heterocycles. The highest BCUT2D eigenvalue weighted by Gasteiger charge is 2.37. The summed E-state index contributed by atoms with van der Waals surface area (Å²) < 4.78 is 0. The van der Waals surface area contributed by atoms with Crippen LogP contribution < -0.4 is 0 Å². The molecule has 0 bridgehead atoms. The third kappa shape index (κ3) is 6.52. The molecule has 2 unspecified atom stereocenters. The van der Waals surface area contributed by atoms with Gasteiger partial charge in [0.1, 0.15) is 0 Å². The van der Waals surface area contributed by atoms with Gasteiger partial charge in [0.2, 0.25) is 0 Å². The van der Waals surface area contributed by atoms with Gasteiger partial charge in [-0.05, 0) is 37.1 Å². The lowest BCUT2D eigenvalue weighted by atomic mass is 9.94. The van der Waals surface area contributed by atoms with Gasteiger partial charge in [0.15, 0.2) is 5.78 Å². The number of carbonyl (C=O) groups excluding carboxylic acids is 1. The molecule has 0 aromatic carbocycles. The molecule has 1 nitrogen and oxygen atoms in total. The first-order chi connectivity index (χ1) is 9.60. The number of alkyl halides is 1. The fraction of sp³-hybridized carbons (Fsp3) is 0.722. The van der Waals surface area contributed by atoms with Crippen LogP contribution in [0.4, 0.5) is 0 Å². The molecule has 3 heteroatoms. The van der Waals surface area contributed by atoms with Gasteiger partial charge >= 0.3 is 0 Å². The van der Waals surface area contributed by atoms with Crippen LogP contribution in [0, 0.1) is 17.8 Å².